The lowest BCUT2D eigenvalue weighted by Crippen LogP contribution is -2.13. The lowest BCUT2D eigenvalue weighted by atomic mass is 10.4. The lowest BCUT2D eigenvalue weighted by Gasteiger charge is -1.99. The molecule has 0 saturated carbocycles. The average Bonchev–Trinajstić information content (AvgIpc) is 2.90. The van der Waals surface area contributed by atoms with E-state index in [-0.39, 0.29) is 19.1 Å². The van der Waals surface area contributed by atoms with E-state index in [1.54, 1.807) is 17.1 Å². The number of aryl methyl sites for hydroxylation is 1. The second-order valence-electron chi connectivity index (χ2n) is 3.44. The minimum atomic E-state index is -0.388. The zero-order valence-corrected chi connectivity index (χ0v) is 10.1. The molecule has 0 aliphatic heterocycles. The summed E-state index contributed by atoms with van der Waals surface area (Å²) in [7, 11) is 0. The molecule has 94 valence electrons. The third kappa shape index (κ3) is 4.20. The molecular weight excluding hydrogens is 245 g/mol. The molecule has 1 N–H and O–H groups in total. The summed E-state index contributed by atoms with van der Waals surface area (Å²) < 4.78 is 18.8. The SMILES string of the molecule is Cl.FCCn1ccc(CNCc2ccco2)n1. The molecule has 2 aromatic heterocycles. The van der Waals surface area contributed by atoms with Crippen LogP contribution in [0.2, 0.25) is 0 Å². The second kappa shape index (κ2) is 7.09. The predicted molar refractivity (Wildman–Crippen MR) is 64.7 cm³/mol. The van der Waals surface area contributed by atoms with Crippen molar-refractivity contribution in [3.05, 3.63) is 42.1 Å². The highest BCUT2D eigenvalue weighted by Gasteiger charge is 1.99. The van der Waals surface area contributed by atoms with Crippen LogP contribution in [-0.4, -0.2) is 16.5 Å². The van der Waals surface area contributed by atoms with E-state index in [1.807, 2.05) is 18.2 Å². The number of nitrogens with one attached hydrogen (secondary N) is 1. The Bertz CT molecular complexity index is 416. The zero-order chi connectivity index (χ0) is 11.2. The van der Waals surface area contributed by atoms with Crippen LogP contribution in [0.1, 0.15) is 11.5 Å². The van der Waals surface area contributed by atoms with Crippen LogP contribution in [0.4, 0.5) is 4.39 Å². The number of rotatable bonds is 6. The van der Waals surface area contributed by atoms with Crippen molar-refractivity contribution in [1.29, 1.82) is 0 Å². The lowest BCUT2D eigenvalue weighted by molar-refractivity contribution is 0.424. The van der Waals surface area contributed by atoms with Crippen LogP contribution >= 0.6 is 12.4 Å². The molecule has 0 saturated heterocycles. The molecule has 6 heteroatoms. The van der Waals surface area contributed by atoms with Crippen LogP contribution < -0.4 is 5.32 Å². The molecule has 2 aromatic rings. The van der Waals surface area contributed by atoms with Crippen LogP contribution in [0, 0.1) is 0 Å². The quantitative estimate of drug-likeness (QED) is 0.865. The maximum Gasteiger partial charge on any atom is 0.117 e. The molecular formula is C11H15ClFN3O. The highest BCUT2D eigenvalue weighted by molar-refractivity contribution is 5.85. The van der Waals surface area contributed by atoms with Gasteiger partial charge in [-0.05, 0) is 18.2 Å². The minimum Gasteiger partial charge on any atom is -0.468 e. The normalized spacial score (nSPS) is 10.2. The van der Waals surface area contributed by atoms with Crippen molar-refractivity contribution in [3.8, 4) is 0 Å². The number of alkyl halides is 1. The van der Waals surface area contributed by atoms with Gasteiger partial charge < -0.3 is 9.73 Å². The van der Waals surface area contributed by atoms with Crippen LogP contribution in [0.3, 0.4) is 0 Å². The monoisotopic (exact) mass is 259 g/mol. The van der Waals surface area contributed by atoms with E-state index in [0.717, 1.165) is 11.5 Å². The Morgan fingerprint density at radius 3 is 2.94 bits per heavy atom. The maximum absolute atomic E-state index is 12.0. The van der Waals surface area contributed by atoms with Gasteiger partial charge in [0.2, 0.25) is 0 Å². The maximum atomic E-state index is 12.0. The smallest absolute Gasteiger partial charge is 0.117 e. The number of hydrogen-bond donors (Lipinski definition) is 1. The number of halogens is 2. The number of hydrogen-bond acceptors (Lipinski definition) is 3. The van der Waals surface area contributed by atoms with Crippen LogP contribution in [0.25, 0.3) is 0 Å². The molecule has 0 aliphatic rings. The third-order valence-electron chi connectivity index (χ3n) is 2.19. The summed E-state index contributed by atoms with van der Waals surface area (Å²) in [5.41, 5.74) is 0.903. The molecule has 17 heavy (non-hydrogen) atoms. The summed E-state index contributed by atoms with van der Waals surface area (Å²) in [4.78, 5) is 0. The molecule has 2 heterocycles. The topological polar surface area (TPSA) is 43.0 Å². The first-order valence-corrected chi connectivity index (χ1v) is 5.20. The van der Waals surface area contributed by atoms with Crippen molar-refractivity contribution in [2.75, 3.05) is 6.67 Å². The van der Waals surface area contributed by atoms with Gasteiger partial charge in [0.1, 0.15) is 12.4 Å². The summed E-state index contributed by atoms with van der Waals surface area (Å²) in [6.45, 7) is 1.25. The molecule has 0 amide bonds. The third-order valence-corrected chi connectivity index (χ3v) is 2.19. The number of nitrogens with zero attached hydrogens (tertiary/aromatic N) is 2. The highest BCUT2D eigenvalue weighted by atomic mass is 35.5. The molecule has 0 fully saturated rings. The van der Waals surface area contributed by atoms with Crippen molar-refractivity contribution >= 4 is 12.4 Å². The molecule has 0 aliphatic carbocycles. The first-order valence-electron chi connectivity index (χ1n) is 5.20. The average molecular weight is 260 g/mol. The first kappa shape index (κ1) is 13.7. The van der Waals surface area contributed by atoms with Gasteiger partial charge in [0, 0.05) is 12.7 Å². The molecule has 2 rings (SSSR count). The van der Waals surface area contributed by atoms with Crippen molar-refractivity contribution in [1.82, 2.24) is 15.1 Å². The van der Waals surface area contributed by atoms with Gasteiger partial charge in [-0.25, -0.2) is 4.39 Å². The van der Waals surface area contributed by atoms with Gasteiger partial charge >= 0.3 is 0 Å². The summed E-state index contributed by atoms with van der Waals surface area (Å²) in [6.07, 6.45) is 3.43. The molecule has 0 radical (unpaired) electrons. The fourth-order valence-electron chi connectivity index (χ4n) is 1.44. The Hall–Kier alpha value is -1.33. The fourth-order valence-corrected chi connectivity index (χ4v) is 1.44. The Morgan fingerprint density at radius 1 is 1.35 bits per heavy atom. The van der Waals surface area contributed by atoms with Gasteiger partial charge in [-0.3, -0.25) is 4.68 Å². The summed E-state index contributed by atoms with van der Waals surface area (Å²) >= 11 is 0. The van der Waals surface area contributed by atoms with Crippen LogP contribution in [0.15, 0.2) is 35.1 Å². The van der Waals surface area contributed by atoms with Crippen molar-refractivity contribution in [2.24, 2.45) is 0 Å². The van der Waals surface area contributed by atoms with E-state index in [4.69, 9.17) is 4.42 Å². The largest absolute Gasteiger partial charge is 0.468 e. The molecule has 0 aromatic carbocycles. The second-order valence-corrected chi connectivity index (χ2v) is 3.44. The Labute approximate surface area is 105 Å². The molecule has 4 nitrogen and oxygen atoms in total. The van der Waals surface area contributed by atoms with Crippen LogP contribution in [-0.2, 0) is 19.6 Å². The van der Waals surface area contributed by atoms with Gasteiger partial charge in [-0.2, -0.15) is 5.10 Å². The zero-order valence-electron chi connectivity index (χ0n) is 9.30. The van der Waals surface area contributed by atoms with Crippen molar-refractivity contribution < 1.29 is 8.81 Å². The summed E-state index contributed by atoms with van der Waals surface area (Å²) in [6, 6.07) is 5.65. The van der Waals surface area contributed by atoms with Gasteiger partial charge in [0.25, 0.3) is 0 Å². The highest BCUT2D eigenvalue weighted by Crippen LogP contribution is 2.00. The Balaban J connectivity index is 0.00000144. The molecule has 0 bridgehead atoms. The van der Waals surface area contributed by atoms with E-state index < -0.39 is 0 Å². The van der Waals surface area contributed by atoms with E-state index in [1.165, 1.54) is 0 Å². The van der Waals surface area contributed by atoms with E-state index in [9.17, 15) is 4.39 Å². The van der Waals surface area contributed by atoms with Gasteiger partial charge in [-0.1, -0.05) is 0 Å². The van der Waals surface area contributed by atoms with E-state index in [2.05, 4.69) is 10.4 Å². The Morgan fingerprint density at radius 2 is 2.24 bits per heavy atom. The molecule has 0 atom stereocenters. The standard InChI is InChI=1S/C11H14FN3O.ClH/c12-4-6-15-5-3-10(14-15)8-13-9-11-2-1-7-16-11;/h1-3,5,7,13H,4,6,8-9H2;1H. The van der Waals surface area contributed by atoms with Gasteiger partial charge in [-0.15, -0.1) is 12.4 Å². The van der Waals surface area contributed by atoms with E-state index >= 15 is 0 Å². The molecule has 0 unspecified atom stereocenters. The van der Waals surface area contributed by atoms with Crippen molar-refractivity contribution in [3.63, 3.8) is 0 Å². The van der Waals surface area contributed by atoms with Gasteiger partial charge in [0.05, 0.1) is 25.0 Å². The van der Waals surface area contributed by atoms with Crippen LogP contribution in [0.5, 0.6) is 0 Å². The summed E-state index contributed by atoms with van der Waals surface area (Å²) in [5, 5.41) is 7.40. The minimum absolute atomic E-state index is 0. The van der Waals surface area contributed by atoms with Gasteiger partial charge in [0.15, 0.2) is 0 Å². The number of aromatic nitrogens is 2. The summed E-state index contributed by atoms with van der Waals surface area (Å²) in [5.74, 6) is 0.892. The Kier molecular flexibility index (Phi) is 5.72. The van der Waals surface area contributed by atoms with E-state index in [0.29, 0.717) is 19.6 Å². The molecule has 0 spiro atoms. The first-order chi connectivity index (χ1) is 7.88. The van der Waals surface area contributed by atoms with Crippen molar-refractivity contribution in [2.45, 2.75) is 19.6 Å². The number of furan rings is 1. The predicted octanol–water partition coefficient (Wildman–Crippen LogP) is 2.16. The fraction of sp³-hybridized carbons (Fsp3) is 0.364.